The molecule has 53 heavy (non-hydrogen) atoms. The number of anilines is 3. The van der Waals surface area contributed by atoms with Gasteiger partial charge in [-0.05, 0) is 96.8 Å². The van der Waals surface area contributed by atoms with Gasteiger partial charge >= 0.3 is 0 Å². The largest absolute Gasteiger partial charge is 0.456 e. The molecule has 10 aromatic rings. The molecule has 0 saturated heterocycles. The lowest BCUT2D eigenvalue weighted by Crippen LogP contribution is -2.21. The van der Waals surface area contributed by atoms with Gasteiger partial charge in [0.05, 0.1) is 22.3 Å². The zero-order chi connectivity index (χ0) is 35.7. The van der Waals surface area contributed by atoms with E-state index in [0.29, 0.717) is 0 Å². The van der Waals surface area contributed by atoms with Gasteiger partial charge in [0.25, 0.3) is 0 Å². The molecule has 0 amide bonds. The molecule has 0 saturated carbocycles. The summed E-state index contributed by atoms with van der Waals surface area (Å²) in [6.45, 7) is 6.86. The minimum absolute atomic E-state index is 0.0705. The number of benzene rings is 8. The number of para-hydroxylation sites is 2. The maximum atomic E-state index is 6.44. The van der Waals surface area contributed by atoms with Crippen LogP contribution in [0, 0.1) is 0 Å². The van der Waals surface area contributed by atoms with Crippen LogP contribution >= 0.6 is 0 Å². The van der Waals surface area contributed by atoms with E-state index in [4.69, 9.17) is 4.42 Å². The van der Waals surface area contributed by atoms with Crippen molar-refractivity contribution in [2.24, 2.45) is 0 Å². The third kappa shape index (κ3) is 5.03. The average Bonchev–Trinajstić information content (AvgIpc) is 3.75. The Morgan fingerprint density at radius 3 is 1.92 bits per heavy atom. The number of fused-ring (bicyclic) bond motifs is 7. The summed E-state index contributed by atoms with van der Waals surface area (Å²) in [4.78, 5) is 2.42. The number of furan rings is 1. The molecule has 0 radical (unpaired) electrons. The van der Waals surface area contributed by atoms with E-state index in [-0.39, 0.29) is 5.54 Å². The van der Waals surface area contributed by atoms with Gasteiger partial charge in [-0.25, -0.2) is 0 Å². The van der Waals surface area contributed by atoms with Crippen molar-refractivity contribution in [3.63, 3.8) is 0 Å². The van der Waals surface area contributed by atoms with E-state index >= 15 is 0 Å². The molecule has 3 heteroatoms. The van der Waals surface area contributed by atoms with Crippen molar-refractivity contribution in [1.82, 2.24) is 4.57 Å². The van der Waals surface area contributed by atoms with Crippen molar-refractivity contribution in [2.75, 3.05) is 4.90 Å². The summed E-state index contributed by atoms with van der Waals surface area (Å²) in [5, 5.41) is 7.20. The first-order valence-electron chi connectivity index (χ1n) is 18.4. The molecule has 2 aromatic heterocycles. The Balaban J connectivity index is 1.20. The Kier molecular flexibility index (Phi) is 7.06. The minimum Gasteiger partial charge on any atom is -0.456 e. The molecule has 0 aliphatic heterocycles. The normalized spacial score (nSPS) is 12.1. The first-order chi connectivity index (χ1) is 25.9. The minimum atomic E-state index is -0.0705. The van der Waals surface area contributed by atoms with Gasteiger partial charge in [0, 0.05) is 38.5 Å². The van der Waals surface area contributed by atoms with E-state index < -0.39 is 0 Å². The lowest BCUT2D eigenvalue weighted by molar-refractivity contribution is 0.423. The lowest BCUT2D eigenvalue weighted by atomic mass is 9.94. The van der Waals surface area contributed by atoms with Crippen LogP contribution in [0.4, 0.5) is 17.1 Å². The van der Waals surface area contributed by atoms with Crippen molar-refractivity contribution in [2.45, 2.75) is 26.3 Å². The first kappa shape index (κ1) is 31.2. The van der Waals surface area contributed by atoms with E-state index in [0.717, 1.165) is 39.0 Å². The quantitative estimate of drug-likeness (QED) is 0.180. The molecule has 0 aliphatic carbocycles. The Hall–Kier alpha value is -6.58. The molecule has 0 aliphatic rings. The Labute approximate surface area is 309 Å². The van der Waals surface area contributed by atoms with Gasteiger partial charge in [-0.15, -0.1) is 0 Å². The van der Waals surface area contributed by atoms with Crippen LogP contribution in [0.2, 0.25) is 0 Å². The third-order valence-corrected chi connectivity index (χ3v) is 10.6. The molecule has 0 bridgehead atoms. The molecule has 0 fully saturated rings. The smallest absolute Gasteiger partial charge is 0.137 e. The van der Waals surface area contributed by atoms with Crippen LogP contribution < -0.4 is 4.90 Å². The van der Waals surface area contributed by atoms with Gasteiger partial charge in [0.1, 0.15) is 11.2 Å². The molecule has 254 valence electrons. The fourth-order valence-electron chi connectivity index (χ4n) is 8.38. The summed E-state index contributed by atoms with van der Waals surface area (Å²) in [5.74, 6) is 0. The fourth-order valence-corrected chi connectivity index (χ4v) is 8.38. The second-order valence-electron chi connectivity index (χ2n) is 14.9. The fraction of sp³-hybridized carbons (Fsp3) is 0.0800. The predicted molar refractivity (Wildman–Crippen MR) is 225 cm³/mol. The second-order valence-corrected chi connectivity index (χ2v) is 14.9. The van der Waals surface area contributed by atoms with Crippen LogP contribution in [0.15, 0.2) is 180 Å². The summed E-state index contributed by atoms with van der Waals surface area (Å²) in [5.41, 5.74) is 12.2. The highest BCUT2D eigenvalue weighted by atomic mass is 16.3. The Bertz CT molecular complexity index is 2980. The SMILES string of the molecule is CC(C)(C)n1c2ccccc2c2ccc(-c3ccc(N(c4ccc5ccccc5c4-c4ccccc4)c4cccc5oc6ccccc6c45)cc3)cc21. The summed E-state index contributed by atoms with van der Waals surface area (Å²) >= 11 is 0. The van der Waals surface area contributed by atoms with Crippen molar-refractivity contribution < 1.29 is 4.42 Å². The van der Waals surface area contributed by atoms with Crippen molar-refractivity contribution >= 4 is 71.6 Å². The summed E-state index contributed by atoms with van der Waals surface area (Å²) in [6, 6.07) is 63.5. The van der Waals surface area contributed by atoms with Crippen LogP contribution in [0.25, 0.3) is 76.8 Å². The molecule has 10 rings (SSSR count). The zero-order valence-corrected chi connectivity index (χ0v) is 30.0. The van der Waals surface area contributed by atoms with Crippen LogP contribution in [-0.2, 0) is 5.54 Å². The van der Waals surface area contributed by atoms with E-state index in [1.807, 2.05) is 6.07 Å². The van der Waals surface area contributed by atoms with Gasteiger partial charge in [-0.1, -0.05) is 127 Å². The molecule has 0 atom stereocenters. The number of rotatable bonds is 5. The summed E-state index contributed by atoms with van der Waals surface area (Å²) in [7, 11) is 0. The van der Waals surface area contributed by atoms with Crippen LogP contribution in [-0.4, -0.2) is 4.57 Å². The predicted octanol–water partition coefficient (Wildman–Crippen LogP) is 14.4. The molecule has 2 heterocycles. The van der Waals surface area contributed by atoms with Crippen molar-refractivity contribution in [3.05, 3.63) is 176 Å². The Morgan fingerprint density at radius 2 is 1.11 bits per heavy atom. The lowest BCUT2D eigenvalue weighted by Gasteiger charge is -2.29. The molecular weight excluding hydrogens is 645 g/mol. The van der Waals surface area contributed by atoms with Gasteiger partial charge in [0.2, 0.25) is 0 Å². The number of nitrogens with zero attached hydrogens (tertiary/aromatic N) is 2. The van der Waals surface area contributed by atoms with Crippen LogP contribution in [0.5, 0.6) is 0 Å². The van der Waals surface area contributed by atoms with Crippen molar-refractivity contribution in [3.8, 4) is 22.3 Å². The van der Waals surface area contributed by atoms with Crippen molar-refractivity contribution in [1.29, 1.82) is 0 Å². The molecule has 3 nitrogen and oxygen atoms in total. The van der Waals surface area contributed by atoms with Gasteiger partial charge in [0.15, 0.2) is 0 Å². The first-order valence-corrected chi connectivity index (χ1v) is 18.4. The standard InChI is InChI=1S/C50H38N2O/c1-50(2,3)52-42-20-11-9-18-39(42)40-30-26-36(32-45(40)52)33-24-28-37(29-25-33)51(43-21-13-23-47-49(43)41-19-10-12-22-46(41)53-47)44-31-27-34-14-7-8-17-38(34)48(44)35-15-5-4-6-16-35/h4-32H,1-3H3. The topological polar surface area (TPSA) is 21.3 Å². The molecule has 8 aromatic carbocycles. The number of aromatic nitrogens is 1. The maximum Gasteiger partial charge on any atom is 0.137 e. The average molecular weight is 683 g/mol. The Morgan fingerprint density at radius 1 is 0.453 bits per heavy atom. The number of hydrogen-bond acceptors (Lipinski definition) is 2. The van der Waals surface area contributed by atoms with Crippen LogP contribution in [0.1, 0.15) is 20.8 Å². The molecule has 0 unspecified atom stereocenters. The number of hydrogen-bond donors (Lipinski definition) is 0. The van der Waals surface area contributed by atoms with Gasteiger partial charge in [-0.2, -0.15) is 0 Å². The summed E-state index contributed by atoms with van der Waals surface area (Å²) in [6.07, 6.45) is 0. The van der Waals surface area contributed by atoms with E-state index in [1.54, 1.807) is 0 Å². The monoisotopic (exact) mass is 682 g/mol. The van der Waals surface area contributed by atoms with E-state index in [1.165, 1.54) is 54.8 Å². The van der Waals surface area contributed by atoms with Gasteiger partial charge < -0.3 is 13.9 Å². The van der Waals surface area contributed by atoms with E-state index in [2.05, 4.69) is 200 Å². The highest BCUT2D eigenvalue weighted by molar-refractivity contribution is 6.15. The zero-order valence-electron chi connectivity index (χ0n) is 30.0. The molecule has 0 N–H and O–H groups in total. The van der Waals surface area contributed by atoms with Gasteiger partial charge in [-0.3, -0.25) is 0 Å². The molecule has 0 spiro atoms. The molecular formula is C50H38N2O. The van der Waals surface area contributed by atoms with Crippen LogP contribution in [0.3, 0.4) is 0 Å². The highest BCUT2D eigenvalue weighted by Crippen LogP contribution is 2.48. The van der Waals surface area contributed by atoms with E-state index in [9.17, 15) is 0 Å². The summed E-state index contributed by atoms with van der Waals surface area (Å²) < 4.78 is 8.92. The maximum absolute atomic E-state index is 6.44. The third-order valence-electron chi connectivity index (χ3n) is 10.6. The highest BCUT2D eigenvalue weighted by Gasteiger charge is 2.24. The second kappa shape index (κ2) is 12.0.